The van der Waals surface area contributed by atoms with Crippen molar-refractivity contribution < 1.29 is 23.9 Å². The van der Waals surface area contributed by atoms with Gasteiger partial charge in [-0.05, 0) is 66.0 Å². The van der Waals surface area contributed by atoms with Crippen molar-refractivity contribution in [2.45, 2.75) is 91.1 Å². The van der Waals surface area contributed by atoms with Gasteiger partial charge in [0.05, 0.1) is 0 Å². The molecule has 2 unspecified atom stereocenters. The fourth-order valence-electron chi connectivity index (χ4n) is 4.05. The second kappa shape index (κ2) is 13.3. The van der Waals surface area contributed by atoms with Gasteiger partial charge in [0.2, 0.25) is 17.7 Å². The zero-order valence-corrected chi connectivity index (χ0v) is 24.0. The van der Waals surface area contributed by atoms with Gasteiger partial charge in [0.15, 0.2) is 0 Å². The first-order chi connectivity index (χ1) is 18.1. The summed E-state index contributed by atoms with van der Waals surface area (Å²) in [6.45, 7) is 12.8. The molecule has 0 spiro atoms. The van der Waals surface area contributed by atoms with E-state index in [9.17, 15) is 19.2 Å². The summed E-state index contributed by atoms with van der Waals surface area (Å²) in [7, 11) is 0. The highest BCUT2D eigenvalue weighted by molar-refractivity contribution is 5.93. The molecular formula is C30H42N4O5. The Hall–Kier alpha value is -3.88. The molecule has 4 amide bonds. The van der Waals surface area contributed by atoms with E-state index in [1.807, 2.05) is 82.3 Å². The Morgan fingerprint density at radius 1 is 0.923 bits per heavy atom. The third kappa shape index (κ3) is 10.1. The van der Waals surface area contributed by atoms with Crippen molar-refractivity contribution in [1.82, 2.24) is 15.5 Å². The molecular weight excluding hydrogens is 496 g/mol. The molecule has 212 valence electrons. The quantitative estimate of drug-likeness (QED) is 0.419. The number of hydrogen-bond donors (Lipinski definition) is 3. The van der Waals surface area contributed by atoms with Crippen LogP contribution in [0.4, 0.5) is 4.79 Å². The number of hydrogen-bond acceptors (Lipinski definition) is 5. The first kappa shape index (κ1) is 31.3. The molecule has 39 heavy (non-hydrogen) atoms. The van der Waals surface area contributed by atoms with E-state index in [4.69, 9.17) is 10.5 Å². The third-order valence-electron chi connectivity index (χ3n) is 5.84. The summed E-state index contributed by atoms with van der Waals surface area (Å²) >= 11 is 0. The number of carbonyl (C=O) groups excluding carboxylic acids is 4. The van der Waals surface area contributed by atoms with Crippen molar-refractivity contribution in [2.75, 3.05) is 0 Å². The van der Waals surface area contributed by atoms with Gasteiger partial charge in [-0.3, -0.25) is 14.4 Å². The maximum absolute atomic E-state index is 14.2. The summed E-state index contributed by atoms with van der Waals surface area (Å²) < 4.78 is 5.37. The van der Waals surface area contributed by atoms with Crippen molar-refractivity contribution in [3.63, 3.8) is 0 Å². The van der Waals surface area contributed by atoms with E-state index in [0.29, 0.717) is 5.56 Å². The topological polar surface area (TPSA) is 131 Å². The van der Waals surface area contributed by atoms with Gasteiger partial charge in [-0.25, -0.2) is 4.79 Å². The third-order valence-corrected chi connectivity index (χ3v) is 5.84. The Kier molecular flexibility index (Phi) is 10.7. The summed E-state index contributed by atoms with van der Waals surface area (Å²) in [4.78, 5) is 53.7. The van der Waals surface area contributed by atoms with E-state index in [0.717, 1.165) is 11.1 Å². The molecule has 2 aromatic carbocycles. The second-order valence-electron chi connectivity index (χ2n) is 11.6. The molecule has 9 nitrogen and oxygen atoms in total. The van der Waals surface area contributed by atoms with Gasteiger partial charge in [-0.15, -0.1) is 0 Å². The van der Waals surface area contributed by atoms with Crippen LogP contribution in [0, 0.1) is 6.92 Å². The average Bonchev–Trinajstić information content (AvgIpc) is 2.82. The molecule has 0 saturated heterocycles. The van der Waals surface area contributed by atoms with Gasteiger partial charge in [-0.1, -0.05) is 60.2 Å². The number of ether oxygens (including phenoxy) is 1. The van der Waals surface area contributed by atoms with Gasteiger partial charge >= 0.3 is 6.09 Å². The monoisotopic (exact) mass is 538 g/mol. The summed E-state index contributed by atoms with van der Waals surface area (Å²) in [5.74, 6) is -1.52. The minimum atomic E-state index is -1.15. The SMILES string of the molecule is Cc1ccc(C(C(=O)NCc2ccccc2)N(C(=O)C(CCC(N)=O)NC(=O)OC(C)(C)C)C(C)(C)C)cc1. The highest BCUT2D eigenvalue weighted by atomic mass is 16.6. The van der Waals surface area contributed by atoms with Gasteiger partial charge in [0.1, 0.15) is 17.7 Å². The first-order valence-electron chi connectivity index (χ1n) is 13.1. The van der Waals surface area contributed by atoms with Gasteiger partial charge < -0.3 is 26.0 Å². The second-order valence-corrected chi connectivity index (χ2v) is 11.6. The number of carbonyl (C=O) groups is 4. The number of alkyl carbamates (subject to hydrolysis) is 1. The maximum atomic E-state index is 14.2. The minimum absolute atomic E-state index is 0.0494. The molecule has 0 aliphatic carbocycles. The molecule has 0 aliphatic rings. The largest absolute Gasteiger partial charge is 0.444 e. The van der Waals surface area contributed by atoms with Crippen LogP contribution < -0.4 is 16.4 Å². The van der Waals surface area contributed by atoms with Crippen LogP contribution in [0.3, 0.4) is 0 Å². The van der Waals surface area contributed by atoms with Gasteiger partial charge in [0, 0.05) is 18.5 Å². The normalized spacial score (nSPS) is 13.1. The summed E-state index contributed by atoms with van der Waals surface area (Å²) in [5.41, 5.74) is 6.25. The lowest BCUT2D eigenvalue weighted by Crippen LogP contribution is -2.58. The zero-order valence-electron chi connectivity index (χ0n) is 24.0. The molecule has 0 saturated carbocycles. The predicted molar refractivity (Wildman–Crippen MR) is 150 cm³/mol. The number of primary amides is 1. The predicted octanol–water partition coefficient (Wildman–Crippen LogP) is 4.14. The number of amides is 4. The number of aryl methyl sites for hydroxylation is 1. The number of nitrogens with two attached hydrogens (primary N) is 1. The smallest absolute Gasteiger partial charge is 0.408 e. The summed E-state index contributed by atoms with van der Waals surface area (Å²) in [6, 6.07) is 14.7. The Bertz CT molecular complexity index is 1130. The lowest BCUT2D eigenvalue weighted by molar-refractivity contribution is -0.148. The number of rotatable bonds is 10. The van der Waals surface area contributed by atoms with Crippen molar-refractivity contribution in [3.05, 3.63) is 71.3 Å². The lowest BCUT2D eigenvalue weighted by atomic mass is 9.94. The number of nitrogens with zero attached hydrogens (tertiary/aromatic N) is 1. The Balaban J connectivity index is 2.51. The molecule has 2 aromatic rings. The standard InChI is InChI=1S/C30H42N4O5/c1-20-13-15-22(16-14-20)25(26(36)32-19-21-11-9-8-10-12-21)34(29(2,3)4)27(37)23(17-18-24(31)35)33-28(38)39-30(5,6)7/h8-16,23,25H,17-19H2,1-7H3,(H2,31,35)(H,32,36)(H,33,38). The van der Waals surface area contributed by atoms with E-state index >= 15 is 0 Å². The van der Waals surface area contributed by atoms with Crippen LogP contribution in [0.15, 0.2) is 54.6 Å². The molecule has 0 aromatic heterocycles. The van der Waals surface area contributed by atoms with E-state index in [1.165, 1.54) is 4.90 Å². The van der Waals surface area contributed by atoms with Crippen LogP contribution in [0.1, 0.15) is 77.1 Å². The summed E-state index contributed by atoms with van der Waals surface area (Å²) in [5, 5.41) is 5.56. The highest BCUT2D eigenvalue weighted by Crippen LogP contribution is 2.31. The molecule has 0 bridgehead atoms. The van der Waals surface area contributed by atoms with Crippen molar-refractivity contribution >= 4 is 23.8 Å². The highest BCUT2D eigenvalue weighted by Gasteiger charge is 2.41. The van der Waals surface area contributed by atoms with E-state index in [2.05, 4.69) is 10.6 Å². The molecule has 9 heteroatoms. The molecule has 2 rings (SSSR count). The maximum Gasteiger partial charge on any atom is 0.408 e. The van der Waals surface area contributed by atoms with Crippen LogP contribution >= 0.6 is 0 Å². The Labute approximate surface area is 231 Å². The van der Waals surface area contributed by atoms with Gasteiger partial charge in [0.25, 0.3) is 0 Å². The van der Waals surface area contributed by atoms with Crippen LogP contribution in [0.5, 0.6) is 0 Å². The minimum Gasteiger partial charge on any atom is -0.444 e. The molecule has 4 N–H and O–H groups in total. The first-order valence-corrected chi connectivity index (χ1v) is 13.1. The van der Waals surface area contributed by atoms with E-state index in [-0.39, 0.29) is 25.3 Å². The molecule has 0 fully saturated rings. The Morgan fingerprint density at radius 3 is 2.03 bits per heavy atom. The number of benzene rings is 2. The van der Waals surface area contributed by atoms with E-state index in [1.54, 1.807) is 20.8 Å². The zero-order chi connectivity index (χ0) is 29.4. The molecule has 0 aliphatic heterocycles. The van der Waals surface area contributed by atoms with Crippen molar-refractivity contribution in [1.29, 1.82) is 0 Å². The molecule has 0 radical (unpaired) electrons. The van der Waals surface area contributed by atoms with Crippen LogP contribution in [0.2, 0.25) is 0 Å². The molecule has 2 atom stereocenters. The molecule has 0 heterocycles. The van der Waals surface area contributed by atoms with Crippen LogP contribution in [-0.2, 0) is 25.7 Å². The lowest BCUT2D eigenvalue weighted by Gasteiger charge is -2.43. The van der Waals surface area contributed by atoms with Crippen molar-refractivity contribution in [2.24, 2.45) is 5.73 Å². The fourth-order valence-corrected chi connectivity index (χ4v) is 4.05. The van der Waals surface area contributed by atoms with Crippen LogP contribution in [0.25, 0.3) is 0 Å². The average molecular weight is 539 g/mol. The Morgan fingerprint density at radius 2 is 1.51 bits per heavy atom. The van der Waals surface area contributed by atoms with Crippen molar-refractivity contribution in [3.8, 4) is 0 Å². The van der Waals surface area contributed by atoms with E-state index < -0.39 is 41.1 Å². The fraction of sp³-hybridized carbons (Fsp3) is 0.467. The summed E-state index contributed by atoms with van der Waals surface area (Å²) in [6.07, 6.45) is -0.995. The van der Waals surface area contributed by atoms with Gasteiger partial charge in [-0.2, -0.15) is 0 Å². The number of nitrogens with one attached hydrogen (secondary N) is 2. The van der Waals surface area contributed by atoms with Crippen LogP contribution in [-0.4, -0.2) is 45.9 Å².